The van der Waals surface area contributed by atoms with Crippen molar-refractivity contribution in [3.8, 4) is 11.5 Å². The fourth-order valence-corrected chi connectivity index (χ4v) is 2.39. The fraction of sp³-hybridized carbons (Fsp3) is 0.111. The third-order valence-corrected chi connectivity index (χ3v) is 3.55. The van der Waals surface area contributed by atoms with E-state index >= 15 is 0 Å². The minimum absolute atomic E-state index is 0.118. The number of hydrogen-bond acceptors (Lipinski definition) is 5. The van der Waals surface area contributed by atoms with Gasteiger partial charge in [0.1, 0.15) is 0 Å². The normalized spacial score (nSPS) is 15.6. The van der Waals surface area contributed by atoms with Gasteiger partial charge in [-0.2, -0.15) is 4.84 Å². The summed E-state index contributed by atoms with van der Waals surface area (Å²) in [5.74, 6) is 0.234. The van der Waals surface area contributed by atoms with Gasteiger partial charge in [0, 0.05) is 5.56 Å². The predicted molar refractivity (Wildman–Crippen MR) is 87.1 cm³/mol. The van der Waals surface area contributed by atoms with Crippen molar-refractivity contribution in [3.05, 3.63) is 65.5 Å². The van der Waals surface area contributed by atoms with E-state index in [1.54, 1.807) is 49.6 Å². The van der Waals surface area contributed by atoms with Crippen molar-refractivity contribution >= 4 is 17.8 Å². The molecule has 6 nitrogen and oxygen atoms in total. The van der Waals surface area contributed by atoms with Gasteiger partial charge in [0.15, 0.2) is 17.1 Å². The molecule has 2 aromatic carbocycles. The standard InChI is InChI=1S/C18H15NO5/c1-22-14-9-8-12(10-15(14)23-2)11-19-17(20)16(18(21)24-19)13-6-4-3-5-7-13/h3-11H,1-2H3/p+1/b19-11+. The maximum atomic E-state index is 12.1. The first-order valence-corrected chi connectivity index (χ1v) is 7.21. The molecule has 0 aromatic heterocycles. The van der Waals surface area contributed by atoms with Gasteiger partial charge < -0.3 is 14.6 Å². The summed E-state index contributed by atoms with van der Waals surface area (Å²) in [5, 5.41) is 10.3. The Hall–Kier alpha value is -3.28. The second kappa shape index (κ2) is 6.45. The molecule has 6 heteroatoms. The highest BCUT2D eigenvalue weighted by Crippen LogP contribution is 2.28. The summed E-state index contributed by atoms with van der Waals surface area (Å²) < 4.78 is 11.4. The Kier molecular flexibility index (Phi) is 4.20. The van der Waals surface area contributed by atoms with E-state index < -0.39 is 5.97 Å². The van der Waals surface area contributed by atoms with E-state index in [2.05, 4.69) is 0 Å². The maximum absolute atomic E-state index is 12.1. The summed E-state index contributed by atoms with van der Waals surface area (Å²) in [6, 6.07) is 14.0. The van der Waals surface area contributed by atoms with E-state index in [0.717, 1.165) is 4.74 Å². The number of hydroxylamine groups is 1. The quantitative estimate of drug-likeness (QED) is 0.691. The highest BCUT2D eigenvalue weighted by atomic mass is 16.7. The number of hydrogen-bond donors (Lipinski definition) is 1. The molecule has 0 saturated carbocycles. The van der Waals surface area contributed by atoms with Crippen LogP contribution in [0.3, 0.4) is 0 Å². The zero-order chi connectivity index (χ0) is 17.1. The molecule has 24 heavy (non-hydrogen) atoms. The molecule has 1 N–H and O–H groups in total. The Morgan fingerprint density at radius 2 is 1.75 bits per heavy atom. The van der Waals surface area contributed by atoms with Gasteiger partial charge in [0.05, 0.1) is 19.0 Å². The molecule has 0 unspecified atom stereocenters. The Morgan fingerprint density at radius 3 is 2.42 bits per heavy atom. The van der Waals surface area contributed by atoms with Crippen LogP contribution in [0.4, 0.5) is 0 Å². The lowest BCUT2D eigenvalue weighted by atomic mass is 10.1. The topological polar surface area (TPSA) is 68.0 Å². The Morgan fingerprint density at radius 1 is 1.04 bits per heavy atom. The first-order valence-electron chi connectivity index (χ1n) is 7.21. The summed E-state index contributed by atoms with van der Waals surface area (Å²) in [7, 11) is 3.08. The van der Waals surface area contributed by atoms with Gasteiger partial charge in [-0.3, -0.25) is 0 Å². The molecule has 1 heterocycles. The van der Waals surface area contributed by atoms with Gasteiger partial charge in [-0.05, 0) is 23.8 Å². The zero-order valence-electron chi connectivity index (χ0n) is 13.2. The van der Waals surface area contributed by atoms with Crippen LogP contribution in [-0.4, -0.2) is 36.2 Å². The number of aliphatic hydroxyl groups is 1. The number of benzene rings is 2. The molecule has 1 aliphatic rings. The van der Waals surface area contributed by atoms with Crippen molar-refractivity contribution in [2.75, 3.05) is 14.2 Å². The van der Waals surface area contributed by atoms with Crippen molar-refractivity contribution < 1.29 is 29.0 Å². The van der Waals surface area contributed by atoms with Crippen molar-refractivity contribution in [2.45, 2.75) is 0 Å². The number of carbonyl (C=O) groups is 1. The summed E-state index contributed by atoms with van der Waals surface area (Å²) in [6.45, 7) is 0. The molecule has 0 bridgehead atoms. The van der Waals surface area contributed by atoms with Crippen molar-refractivity contribution in [1.82, 2.24) is 0 Å². The molecule has 2 aromatic rings. The summed E-state index contributed by atoms with van der Waals surface area (Å²) in [5.41, 5.74) is 1.37. The van der Waals surface area contributed by atoms with Gasteiger partial charge in [-0.1, -0.05) is 30.3 Å². The summed E-state index contributed by atoms with van der Waals surface area (Å²) >= 11 is 0. The first-order chi connectivity index (χ1) is 11.6. The summed E-state index contributed by atoms with van der Waals surface area (Å²) in [4.78, 5) is 17.2. The van der Waals surface area contributed by atoms with E-state index in [4.69, 9.17) is 14.3 Å². The predicted octanol–water partition coefficient (Wildman–Crippen LogP) is 2.53. The van der Waals surface area contributed by atoms with Crippen LogP contribution in [0.25, 0.3) is 5.57 Å². The molecule has 0 fully saturated rings. The molecular formula is C18H16NO5+. The van der Waals surface area contributed by atoms with Gasteiger partial charge in [-0.15, -0.1) is 0 Å². The van der Waals surface area contributed by atoms with Crippen LogP contribution in [0.5, 0.6) is 11.5 Å². The van der Waals surface area contributed by atoms with Crippen LogP contribution in [0.15, 0.2) is 54.4 Å². The lowest BCUT2D eigenvalue weighted by molar-refractivity contribution is -0.728. The number of methoxy groups -OCH3 is 2. The van der Waals surface area contributed by atoms with Crippen molar-refractivity contribution in [2.24, 2.45) is 0 Å². The Balaban J connectivity index is 2.00. The first kappa shape index (κ1) is 15.6. The smallest absolute Gasteiger partial charge is 0.431 e. The highest BCUT2D eigenvalue weighted by Gasteiger charge is 2.39. The van der Waals surface area contributed by atoms with Crippen LogP contribution in [0.1, 0.15) is 11.1 Å². The molecule has 0 saturated heterocycles. The summed E-state index contributed by atoms with van der Waals surface area (Å²) in [6.07, 6.45) is 1.49. The van der Waals surface area contributed by atoms with Gasteiger partial charge >= 0.3 is 11.9 Å². The SMILES string of the molecule is COc1ccc(/C=[N+]2/OC(=O)C(c3ccccc3)=C2O)cc1OC. The van der Waals surface area contributed by atoms with E-state index in [1.165, 1.54) is 13.3 Å². The van der Waals surface area contributed by atoms with Gasteiger partial charge in [0.25, 0.3) is 0 Å². The van der Waals surface area contributed by atoms with E-state index in [0.29, 0.717) is 22.6 Å². The monoisotopic (exact) mass is 326 g/mol. The largest absolute Gasteiger partial charge is 0.493 e. The maximum Gasteiger partial charge on any atom is 0.431 e. The number of aliphatic hydroxyl groups excluding tert-OH is 1. The fourth-order valence-electron chi connectivity index (χ4n) is 2.39. The highest BCUT2D eigenvalue weighted by molar-refractivity contribution is 6.17. The molecule has 122 valence electrons. The lowest BCUT2D eigenvalue weighted by Crippen LogP contribution is -2.10. The van der Waals surface area contributed by atoms with Crippen molar-refractivity contribution in [3.63, 3.8) is 0 Å². The van der Waals surface area contributed by atoms with Crippen LogP contribution in [-0.2, 0) is 9.63 Å². The molecule has 0 radical (unpaired) electrons. The molecule has 3 rings (SSSR count). The molecule has 0 atom stereocenters. The minimum Gasteiger partial charge on any atom is -0.493 e. The average Bonchev–Trinajstić information content (AvgIpc) is 2.89. The molecule has 0 spiro atoms. The number of ether oxygens (including phenoxy) is 2. The number of nitrogens with zero attached hydrogens (tertiary/aromatic N) is 1. The third-order valence-electron chi connectivity index (χ3n) is 3.55. The molecule has 0 aliphatic carbocycles. The van der Waals surface area contributed by atoms with Crippen LogP contribution in [0, 0.1) is 0 Å². The van der Waals surface area contributed by atoms with E-state index in [-0.39, 0.29) is 11.5 Å². The molecular weight excluding hydrogens is 310 g/mol. The second-order valence-corrected chi connectivity index (χ2v) is 5.01. The Labute approximate surface area is 138 Å². The van der Waals surface area contributed by atoms with Crippen LogP contribution >= 0.6 is 0 Å². The Bertz CT molecular complexity index is 840. The number of rotatable bonds is 4. The van der Waals surface area contributed by atoms with E-state index in [9.17, 15) is 9.90 Å². The second-order valence-electron chi connectivity index (χ2n) is 5.01. The molecule has 0 amide bonds. The lowest BCUT2D eigenvalue weighted by Gasteiger charge is -2.06. The van der Waals surface area contributed by atoms with Crippen LogP contribution < -0.4 is 9.47 Å². The molecule has 1 aliphatic heterocycles. The third kappa shape index (κ3) is 2.81. The van der Waals surface area contributed by atoms with Gasteiger partial charge in [-0.25, -0.2) is 4.79 Å². The number of carbonyl (C=O) groups excluding carboxylic acids is 1. The van der Waals surface area contributed by atoms with Gasteiger partial charge in [0.2, 0.25) is 6.21 Å². The van der Waals surface area contributed by atoms with Crippen LogP contribution in [0.2, 0.25) is 0 Å². The average molecular weight is 326 g/mol. The zero-order valence-corrected chi connectivity index (χ0v) is 13.2. The van der Waals surface area contributed by atoms with Crippen molar-refractivity contribution in [1.29, 1.82) is 0 Å². The minimum atomic E-state index is -0.615. The van der Waals surface area contributed by atoms with E-state index in [1.807, 2.05) is 6.07 Å².